The van der Waals surface area contributed by atoms with Crippen LogP contribution < -0.4 is 10.2 Å². The fraction of sp³-hybridized carbons (Fsp3) is 0.667. The van der Waals surface area contributed by atoms with Gasteiger partial charge in [-0.3, -0.25) is 9.59 Å². The number of ketones is 1. The zero-order chi connectivity index (χ0) is 19.1. The summed E-state index contributed by atoms with van der Waals surface area (Å²) in [7, 11) is 0. The Hall–Kier alpha value is -1.63. The van der Waals surface area contributed by atoms with Gasteiger partial charge >= 0.3 is 23.3 Å². The molecule has 146 valence electrons. The third kappa shape index (κ3) is 9.18. The number of carbonyl (C=O) groups excluding carboxylic acids is 4. The van der Waals surface area contributed by atoms with E-state index in [-0.39, 0.29) is 22.8 Å². The standard InChI is InChI=1S/C12H18O12.Al.H2O/c13-3-5(14)9(19)10(20)6(15)4-24-8(18)2-12(23,11(21)22)1-7(16)17;;/h5,9-10,13-14,19-20,23H,1-4H2,(H,16,17)(H,21,22);;1H2/q;+3;/p-3/t5-,9+,10+,12?;;/m1../s1. The van der Waals surface area contributed by atoms with Crippen LogP contribution in [0, 0.1) is 0 Å². The van der Waals surface area contributed by atoms with Crippen LogP contribution in [0.3, 0.4) is 0 Å². The third-order valence-corrected chi connectivity index (χ3v) is 2.86. The van der Waals surface area contributed by atoms with Gasteiger partial charge in [0.25, 0.3) is 0 Å². The average Bonchev–Trinajstić information content (AvgIpc) is 2.49. The Morgan fingerprint density at radius 3 is 1.92 bits per heavy atom. The van der Waals surface area contributed by atoms with E-state index in [4.69, 9.17) is 10.2 Å². The second kappa shape index (κ2) is 12.7. The van der Waals surface area contributed by atoms with Crippen molar-refractivity contribution in [2.75, 3.05) is 13.2 Å². The van der Waals surface area contributed by atoms with Crippen molar-refractivity contribution in [2.24, 2.45) is 0 Å². The Kier molecular flexibility index (Phi) is 14.2. The number of hydrogen-bond acceptors (Lipinski definition) is 13. The monoisotopic (exact) mass is 396 g/mol. The second-order valence-electron chi connectivity index (χ2n) is 4.86. The number of carboxylic acids is 2. The zero-order valence-corrected chi connectivity index (χ0v) is 14.3. The van der Waals surface area contributed by atoms with Gasteiger partial charge in [0.1, 0.15) is 23.9 Å². The predicted molar refractivity (Wildman–Crippen MR) is 73.0 cm³/mol. The topological polar surface area (TPSA) is 255 Å². The van der Waals surface area contributed by atoms with Gasteiger partial charge in [-0.25, -0.2) is 0 Å². The molecule has 0 spiro atoms. The summed E-state index contributed by atoms with van der Waals surface area (Å²) in [6.45, 7) is -2.14. The van der Waals surface area contributed by atoms with E-state index in [9.17, 15) is 44.7 Å². The minimum atomic E-state index is -3.12. The first-order valence-electron chi connectivity index (χ1n) is 6.41. The molecule has 26 heavy (non-hydrogen) atoms. The first-order chi connectivity index (χ1) is 10.9. The van der Waals surface area contributed by atoms with Crippen LogP contribution in [0.4, 0.5) is 0 Å². The molecular formula is C12H17AlO13. The summed E-state index contributed by atoms with van der Waals surface area (Å²) in [4.78, 5) is 43.8. The largest absolute Gasteiger partial charge is 3.00 e. The molecule has 13 nitrogen and oxygen atoms in total. The molecule has 0 saturated heterocycles. The Labute approximate surface area is 156 Å². The van der Waals surface area contributed by atoms with Crippen molar-refractivity contribution >= 4 is 41.1 Å². The molecule has 0 saturated carbocycles. The summed E-state index contributed by atoms with van der Waals surface area (Å²) in [6, 6.07) is 0. The van der Waals surface area contributed by atoms with Crippen LogP contribution in [0.1, 0.15) is 12.8 Å². The quantitative estimate of drug-likeness (QED) is 0.161. The fourth-order valence-corrected chi connectivity index (χ4v) is 1.48. The van der Waals surface area contributed by atoms with Crippen molar-refractivity contribution in [3.05, 3.63) is 0 Å². The molecule has 4 atom stereocenters. The fourth-order valence-electron chi connectivity index (χ4n) is 1.48. The number of esters is 1. The van der Waals surface area contributed by atoms with Crippen LogP contribution in [0.15, 0.2) is 0 Å². The summed E-state index contributed by atoms with van der Waals surface area (Å²) < 4.78 is 4.25. The number of aliphatic carboxylic acids is 2. The van der Waals surface area contributed by atoms with E-state index in [0.717, 1.165) is 0 Å². The van der Waals surface area contributed by atoms with Crippen LogP contribution >= 0.6 is 0 Å². The number of Topliss-reactive ketones (excluding diaryl/α,β-unsaturated/α-hetero) is 1. The van der Waals surface area contributed by atoms with Crippen LogP contribution in [-0.4, -0.2) is 109 Å². The summed E-state index contributed by atoms with van der Waals surface area (Å²) in [5.41, 5.74) is -3.12. The molecule has 0 radical (unpaired) electrons. The second-order valence-corrected chi connectivity index (χ2v) is 4.86. The SMILES string of the molecule is O=C([O-])CC(O)(CC(=O)OCC(=O)[C@H](O)[C@@H](O)[C@H](O)CO)C(=O)[O-].[Al+3].[OH-]. The van der Waals surface area contributed by atoms with Crippen LogP contribution in [0.25, 0.3) is 0 Å². The van der Waals surface area contributed by atoms with E-state index >= 15 is 0 Å². The minimum absolute atomic E-state index is 0. The van der Waals surface area contributed by atoms with E-state index in [1.54, 1.807) is 0 Å². The van der Waals surface area contributed by atoms with Gasteiger partial charge in [0.15, 0.2) is 6.61 Å². The van der Waals surface area contributed by atoms with Crippen molar-refractivity contribution in [3.8, 4) is 0 Å². The molecule has 0 heterocycles. The summed E-state index contributed by atoms with van der Waals surface area (Å²) in [5.74, 6) is -7.08. The van der Waals surface area contributed by atoms with Gasteiger partial charge in [0.2, 0.25) is 5.78 Å². The molecule has 0 aliphatic heterocycles. The van der Waals surface area contributed by atoms with Crippen molar-refractivity contribution in [3.63, 3.8) is 0 Å². The number of carboxylic acid groups (broad SMARTS) is 2. The van der Waals surface area contributed by atoms with E-state index < -0.39 is 73.7 Å². The summed E-state index contributed by atoms with van der Waals surface area (Å²) >= 11 is 0. The smallest absolute Gasteiger partial charge is 0.870 e. The molecule has 0 rings (SSSR count). The normalized spacial score (nSPS) is 15.9. The molecule has 0 amide bonds. The van der Waals surface area contributed by atoms with Gasteiger partial charge < -0.3 is 55.5 Å². The predicted octanol–water partition coefficient (Wildman–Crippen LogP) is -7.37. The maximum atomic E-state index is 11.4. The average molecular weight is 396 g/mol. The summed E-state index contributed by atoms with van der Waals surface area (Å²) in [5, 5.41) is 66.7. The van der Waals surface area contributed by atoms with Gasteiger partial charge in [-0.15, -0.1) is 0 Å². The minimum Gasteiger partial charge on any atom is -0.870 e. The maximum Gasteiger partial charge on any atom is 3.00 e. The van der Waals surface area contributed by atoms with E-state index in [2.05, 4.69) is 4.74 Å². The first kappa shape index (κ1) is 29.1. The number of rotatable bonds is 11. The molecule has 0 aromatic carbocycles. The van der Waals surface area contributed by atoms with Crippen molar-refractivity contribution in [2.45, 2.75) is 36.8 Å². The van der Waals surface area contributed by atoms with Gasteiger partial charge in [-0.2, -0.15) is 0 Å². The van der Waals surface area contributed by atoms with E-state index in [1.165, 1.54) is 0 Å². The molecule has 0 fully saturated rings. The molecule has 0 aliphatic carbocycles. The Morgan fingerprint density at radius 1 is 1.04 bits per heavy atom. The number of ether oxygens (including phenoxy) is 1. The van der Waals surface area contributed by atoms with Gasteiger partial charge in [0.05, 0.1) is 19.0 Å². The Balaban J connectivity index is -0.00000264. The van der Waals surface area contributed by atoms with E-state index in [1.807, 2.05) is 0 Å². The Bertz CT molecular complexity index is 496. The summed E-state index contributed by atoms with van der Waals surface area (Å²) in [6.07, 6.45) is -8.98. The molecule has 14 heteroatoms. The molecule has 0 aromatic heterocycles. The van der Waals surface area contributed by atoms with Gasteiger partial charge in [0, 0.05) is 12.4 Å². The van der Waals surface area contributed by atoms with Crippen molar-refractivity contribution in [1.82, 2.24) is 0 Å². The van der Waals surface area contributed by atoms with Crippen LogP contribution in [0.5, 0.6) is 0 Å². The van der Waals surface area contributed by atoms with Crippen molar-refractivity contribution < 1.29 is 65.1 Å². The number of aliphatic hydroxyl groups is 5. The molecule has 6 N–H and O–H groups in total. The molecular weight excluding hydrogens is 379 g/mol. The van der Waals surface area contributed by atoms with Gasteiger partial charge in [-0.05, 0) is 0 Å². The van der Waals surface area contributed by atoms with Crippen molar-refractivity contribution in [1.29, 1.82) is 0 Å². The van der Waals surface area contributed by atoms with Crippen LogP contribution in [0.2, 0.25) is 0 Å². The van der Waals surface area contributed by atoms with E-state index in [0.29, 0.717) is 0 Å². The number of hydrogen-bond donors (Lipinski definition) is 5. The van der Waals surface area contributed by atoms with Gasteiger partial charge in [-0.1, -0.05) is 0 Å². The van der Waals surface area contributed by atoms with Crippen LogP contribution in [-0.2, 0) is 23.9 Å². The molecule has 0 aromatic rings. The molecule has 1 unspecified atom stereocenters. The number of aliphatic hydroxyl groups excluding tert-OH is 4. The third-order valence-electron chi connectivity index (χ3n) is 2.86. The zero-order valence-electron chi connectivity index (χ0n) is 13.2. The maximum absolute atomic E-state index is 11.4. The first-order valence-corrected chi connectivity index (χ1v) is 6.41. The molecule has 0 aliphatic rings. The Morgan fingerprint density at radius 2 is 1.54 bits per heavy atom. The number of carbonyl (C=O) groups is 4. The molecule has 0 bridgehead atoms.